The van der Waals surface area contributed by atoms with Crippen LogP contribution in [0.15, 0.2) is 36.5 Å². The average molecular weight is 242 g/mol. The molecule has 2 rings (SSSR count). The van der Waals surface area contributed by atoms with Gasteiger partial charge in [-0.2, -0.15) is 0 Å². The fraction of sp³-hybridized carbons (Fsp3) is 0.286. The van der Waals surface area contributed by atoms with E-state index in [1.807, 2.05) is 37.5 Å². The Labute approximate surface area is 107 Å². The molecule has 4 nitrogen and oxygen atoms in total. The van der Waals surface area contributed by atoms with Crippen molar-refractivity contribution in [3.8, 4) is 0 Å². The van der Waals surface area contributed by atoms with Crippen LogP contribution in [-0.2, 0) is 13.0 Å². The summed E-state index contributed by atoms with van der Waals surface area (Å²) in [5.41, 5.74) is 2.35. The first-order valence-corrected chi connectivity index (χ1v) is 6.15. The van der Waals surface area contributed by atoms with Crippen LogP contribution in [0, 0.1) is 0 Å². The summed E-state index contributed by atoms with van der Waals surface area (Å²) >= 11 is 0. The van der Waals surface area contributed by atoms with E-state index in [0.29, 0.717) is 6.54 Å². The Morgan fingerprint density at radius 2 is 1.94 bits per heavy atom. The van der Waals surface area contributed by atoms with Gasteiger partial charge in [0, 0.05) is 13.2 Å². The van der Waals surface area contributed by atoms with Gasteiger partial charge in [0.15, 0.2) is 0 Å². The Bertz CT molecular complexity index is 511. The Morgan fingerprint density at radius 3 is 2.72 bits per heavy atom. The number of anilines is 2. The maximum atomic E-state index is 4.41. The average Bonchev–Trinajstić information content (AvgIpc) is 2.45. The van der Waals surface area contributed by atoms with Crippen molar-refractivity contribution in [3.63, 3.8) is 0 Å². The molecule has 0 aliphatic rings. The molecule has 4 heteroatoms. The molecule has 0 saturated carbocycles. The number of pyridine rings is 2. The van der Waals surface area contributed by atoms with E-state index < -0.39 is 0 Å². The van der Waals surface area contributed by atoms with E-state index in [4.69, 9.17) is 0 Å². The smallest absolute Gasteiger partial charge is 0.128 e. The number of nitrogens with zero attached hydrogens (tertiary/aromatic N) is 2. The first-order chi connectivity index (χ1) is 8.83. The van der Waals surface area contributed by atoms with Crippen LogP contribution in [0.4, 0.5) is 11.6 Å². The summed E-state index contributed by atoms with van der Waals surface area (Å²) in [5, 5.41) is 6.32. The second-order valence-electron chi connectivity index (χ2n) is 3.97. The Balaban J connectivity index is 2.06. The van der Waals surface area contributed by atoms with Crippen molar-refractivity contribution in [2.75, 3.05) is 17.7 Å². The van der Waals surface area contributed by atoms with Crippen molar-refractivity contribution < 1.29 is 0 Å². The van der Waals surface area contributed by atoms with Gasteiger partial charge in [0.05, 0.1) is 12.2 Å². The van der Waals surface area contributed by atoms with Crippen LogP contribution in [0.5, 0.6) is 0 Å². The van der Waals surface area contributed by atoms with Crippen LogP contribution < -0.4 is 10.6 Å². The molecule has 0 aliphatic carbocycles. The first-order valence-electron chi connectivity index (χ1n) is 6.15. The highest BCUT2D eigenvalue weighted by molar-refractivity contribution is 5.45. The minimum Gasteiger partial charge on any atom is -0.373 e. The summed E-state index contributed by atoms with van der Waals surface area (Å²) in [6.07, 6.45) is 2.82. The van der Waals surface area contributed by atoms with E-state index in [-0.39, 0.29) is 0 Å². The van der Waals surface area contributed by atoms with Crippen molar-refractivity contribution in [1.29, 1.82) is 0 Å². The van der Waals surface area contributed by atoms with Crippen molar-refractivity contribution in [2.45, 2.75) is 19.9 Å². The molecule has 18 heavy (non-hydrogen) atoms. The quantitative estimate of drug-likeness (QED) is 0.846. The summed E-state index contributed by atoms with van der Waals surface area (Å²) < 4.78 is 0. The van der Waals surface area contributed by atoms with Gasteiger partial charge in [-0.15, -0.1) is 0 Å². The molecular weight excluding hydrogens is 224 g/mol. The van der Waals surface area contributed by atoms with Gasteiger partial charge in [-0.1, -0.05) is 19.1 Å². The SMILES string of the molecule is CCc1cccnc1CNc1cccc(NC)n1. The van der Waals surface area contributed by atoms with Crippen molar-refractivity contribution in [3.05, 3.63) is 47.8 Å². The van der Waals surface area contributed by atoms with Crippen LogP contribution in [0.2, 0.25) is 0 Å². The number of hydrogen-bond acceptors (Lipinski definition) is 4. The molecular formula is C14H18N4. The van der Waals surface area contributed by atoms with Crippen molar-refractivity contribution in [1.82, 2.24) is 9.97 Å². The Hall–Kier alpha value is -2.10. The maximum absolute atomic E-state index is 4.41. The van der Waals surface area contributed by atoms with Crippen molar-refractivity contribution in [2.24, 2.45) is 0 Å². The molecule has 2 aromatic heterocycles. The molecule has 0 bridgehead atoms. The summed E-state index contributed by atoms with van der Waals surface area (Å²) in [6.45, 7) is 2.84. The molecule has 0 radical (unpaired) electrons. The van der Waals surface area contributed by atoms with Crippen LogP contribution in [0.1, 0.15) is 18.2 Å². The summed E-state index contributed by atoms with van der Waals surface area (Å²) in [7, 11) is 1.86. The summed E-state index contributed by atoms with van der Waals surface area (Å²) in [5.74, 6) is 1.71. The fourth-order valence-electron chi connectivity index (χ4n) is 1.80. The lowest BCUT2D eigenvalue weighted by Crippen LogP contribution is -2.06. The van der Waals surface area contributed by atoms with Gasteiger partial charge in [-0.25, -0.2) is 4.98 Å². The largest absolute Gasteiger partial charge is 0.373 e. The van der Waals surface area contributed by atoms with Gasteiger partial charge in [-0.3, -0.25) is 4.98 Å². The van der Waals surface area contributed by atoms with Crippen molar-refractivity contribution >= 4 is 11.6 Å². The zero-order valence-electron chi connectivity index (χ0n) is 10.8. The normalized spacial score (nSPS) is 10.1. The molecule has 0 unspecified atom stereocenters. The van der Waals surface area contributed by atoms with Crippen LogP contribution in [0.25, 0.3) is 0 Å². The zero-order valence-corrected chi connectivity index (χ0v) is 10.8. The molecule has 0 atom stereocenters. The highest BCUT2D eigenvalue weighted by atomic mass is 15.1. The van der Waals surface area contributed by atoms with Crippen LogP contribution >= 0.6 is 0 Å². The number of aryl methyl sites for hydroxylation is 1. The number of nitrogens with one attached hydrogen (secondary N) is 2. The molecule has 0 saturated heterocycles. The van der Waals surface area contributed by atoms with Gasteiger partial charge in [-0.05, 0) is 30.2 Å². The van der Waals surface area contributed by atoms with Gasteiger partial charge in [0.1, 0.15) is 11.6 Å². The standard InChI is InChI=1S/C14H18N4/c1-3-11-6-5-9-16-12(11)10-17-14-8-4-7-13(15-2)18-14/h4-9H,3,10H2,1-2H3,(H2,15,17,18). The van der Waals surface area contributed by atoms with E-state index in [2.05, 4.69) is 33.6 Å². The van der Waals surface area contributed by atoms with E-state index in [1.165, 1.54) is 5.56 Å². The lowest BCUT2D eigenvalue weighted by molar-refractivity contribution is 0.965. The molecule has 0 amide bonds. The molecule has 2 N–H and O–H groups in total. The number of aromatic nitrogens is 2. The molecule has 2 heterocycles. The molecule has 94 valence electrons. The molecule has 0 spiro atoms. The van der Waals surface area contributed by atoms with Gasteiger partial charge in [0.25, 0.3) is 0 Å². The lowest BCUT2D eigenvalue weighted by atomic mass is 10.1. The minimum absolute atomic E-state index is 0.699. The predicted octanol–water partition coefficient (Wildman–Crippen LogP) is 2.69. The highest BCUT2D eigenvalue weighted by Gasteiger charge is 2.02. The van der Waals surface area contributed by atoms with E-state index in [9.17, 15) is 0 Å². The van der Waals surface area contributed by atoms with Gasteiger partial charge < -0.3 is 10.6 Å². The second-order valence-corrected chi connectivity index (χ2v) is 3.97. The third kappa shape index (κ3) is 2.97. The Morgan fingerprint density at radius 1 is 1.11 bits per heavy atom. The van der Waals surface area contributed by atoms with E-state index in [0.717, 1.165) is 23.8 Å². The summed E-state index contributed by atoms with van der Waals surface area (Å²) in [4.78, 5) is 8.81. The lowest BCUT2D eigenvalue weighted by Gasteiger charge is -2.09. The first kappa shape index (κ1) is 12.4. The minimum atomic E-state index is 0.699. The topological polar surface area (TPSA) is 49.8 Å². The zero-order chi connectivity index (χ0) is 12.8. The fourth-order valence-corrected chi connectivity index (χ4v) is 1.80. The van der Waals surface area contributed by atoms with Crippen LogP contribution in [0.3, 0.4) is 0 Å². The van der Waals surface area contributed by atoms with Crippen LogP contribution in [-0.4, -0.2) is 17.0 Å². The van der Waals surface area contributed by atoms with E-state index in [1.54, 1.807) is 0 Å². The predicted molar refractivity (Wildman–Crippen MR) is 74.7 cm³/mol. The highest BCUT2D eigenvalue weighted by Crippen LogP contribution is 2.11. The van der Waals surface area contributed by atoms with Gasteiger partial charge in [0.2, 0.25) is 0 Å². The van der Waals surface area contributed by atoms with Gasteiger partial charge >= 0.3 is 0 Å². The monoisotopic (exact) mass is 242 g/mol. The molecule has 0 aliphatic heterocycles. The molecule has 0 aromatic carbocycles. The Kier molecular flexibility index (Phi) is 4.12. The number of rotatable bonds is 5. The third-order valence-electron chi connectivity index (χ3n) is 2.81. The number of hydrogen-bond donors (Lipinski definition) is 2. The molecule has 2 aromatic rings. The third-order valence-corrected chi connectivity index (χ3v) is 2.81. The second kappa shape index (κ2) is 6.00. The maximum Gasteiger partial charge on any atom is 0.128 e. The van der Waals surface area contributed by atoms with E-state index >= 15 is 0 Å². The summed E-state index contributed by atoms with van der Waals surface area (Å²) in [6, 6.07) is 9.95. The molecule has 0 fully saturated rings.